The Morgan fingerprint density at radius 3 is 1.73 bits per heavy atom. The van der Waals surface area contributed by atoms with Gasteiger partial charge in [0.1, 0.15) is 0 Å². The molecule has 0 aliphatic carbocycles. The van der Waals surface area contributed by atoms with Gasteiger partial charge in [-0.15, -0.1) is 0 Å². The predicted molar refractivity (Wildman–Crippen MR) is 128 cm³/mol. The van der Waals surface area contributed by atoms with Crippen molar-refractivity contribution in [3.05, 3.63) is 71.8 Å². The van der Waals surface area contributed by atoms with E-state index in [4.69, 9.17) is 11.5 Å². The van der Waals surface area contributed by atoms with Gasteiger partial charge in [-0.3, -0.25) is 0 Å². The van der Waals surface area contributed by atoms with Crippen LogP contribution in [0.3, 0.4) is 0 Å². The topological polar surface area (TPSA) is 72.3 Å². The molecule has 3 unspecified atom stereocenters. The SMILES string of the molecule is CC(Cc1ccccc1)CC(O)CC(Cc1ccccc1)(C(C)C)C(N)(N)C(C)C. The lowest BCUT2D eigenvalue weighted by Crippen LogP contribution is -2.69. The summed E-state index contributed by atoms with van der Waals surface area (Å²) in [5, 5.41) is 11.2. The molecule has 2 rings (SSSR count). The smallest absolute Gasteiger partial charge is 0.0724 e. The average molecular weight is 411 g/mol. The normalized spacial score (nSPS) is 16.5. The van der Waals surface area contributed by atoms with Crippen LogP contribution in [0.1, 0.15) is 58.6 Å². The highest BCUT2D eigenvalue weighted by Crippen LogP contribution is 2.46. The van der Waals surface area contributed by atoms with Crippen molar-refractivity contribution >= 4 is 0 Å². The summed E-state index contributed by atoms with van der Waals surface area (Å²) in [5.74, 6) is 0.708. The van der Waals surface area contributed by atoms with E-state index in [1.165, 1.54) is 11.1 Å². The van der Waals surface area contributed by atoms with Crippen LogP contribution < -0.4 is 11.5 Å². The Kier molecular flexibility index (Phi) is 8.66. The maximum Gasteiger partial charge on any atom is 0.0724 e. The quantitative estimate of drug-likeness (QED) is 0.448. The zero-order valence-corrected chi connectivity index (χ0v) is 19.5. The van der Waals surface area contributed by atoms with E-state index in [1.807, 2.05) is 12.1 Å². The van der Waals surface area contributed by atoms with E-state index in [1.54, 1.807) is 0 Å². The Bertz CT molecular complexity index is 742. The lowest BCUT2D eigenvalue weighted by molar-refractivity contribution is -0.0264. The molecule has 3 nitrogen and oxygen atoms in total. The summed E-state index contributed by atoms with van der Waals surface area (Å²) >= 11 is 0. The number of aliphatic hydroxyl groups is 1. The van der Waals surface area contributed by atoms with Crippen LogP contribution in [-0.2, 0) is 12.8 Å². The summed E-state index contributed by atoms with van der Waals surface area (Å²) in [6.45, 7) is 10.8. The molecule has 0 saturated heterocycles. The zero-order chi connectivity index (χ0) is 22.4. The van der Waals surface area contributed by atoms with Gasteiger partial charge >= 0.3 is 0 Å². The van der Waals surface area contributed by atoms with E-state index in [0.29, 0.717) is 12.3 Å². The molecule has 0 fully saturated rings. The molecule has 30 heavy (non-hydrogen) atoms. The summed E-state index contributed by atoms with van der Waals surface area (Å²) < 4.78 is 0. The molecule has 3 atom stereocenters. The molecule has 0 heterocycles. The van der Waals surface area contributed by atoms with Crippen molar-refractivity contribution in [2.45, 2.75) is 72.1 Å². The van der Waals surface area contributed by atoms with Gasteiger partial charge < -0.3 is 16.6 Å². The molecule has 2 aromatic carbocycles. The van der Waals surface area contributed by atoms with Gasteiger partial charge in [0.25, 0.3) is 0 Å². The van der Waals surface area contributed by atoms with Gasteiger partial charge in [-0.1, -0.05) is 95.3 Å². The molecule has 3 heteroatoms. The van der Waals surface area contributed by atoms with E-state index in [9.17, 15) is 5.11 Å². The number of benzene rings is 2. The van der Waals surface area contributed by atoms with Crippen LogP contribution in [-0.4, -0.2) is 16.9 Å². The fraction of sp³-hybridized carbons (Fsp3) is 0.556. The fourth-order valence-corrected chi connectivity index (χ4v) is 4.94. The predicted octanol–water partition coefficient (Wildman–Crippen LogP) is 5.16. The summed E-state index contributed by atoms with van der Waals surface area (Å²) in [4.78, 5) is 0. The first kappa shape index (κ1) is 24.6. The summed E-state index contributed by atoms with van der Waals surface area (Å²) in [6, 6.07) is 20.9. The lowest BCUT2D eigenvalue weighted by Gasteiger charge is -2.53. The Hall–Kier alpha value is -1.68. The molecular formula is C27H42N2O. The van der Waals surface area contributed by atoms with Crippen molar-refractivity contribution < 1.29 is 5.11 Å². The third-order valence-corrected chi connectivity index (χ3v) is 6.99. The highest BCUT2D eigenvalue weighted by Gasteiger charge is 2.51. The van der Waals surface area contributed by atoms with Gasteiger partial charge in [-0.2, -0.15) is 0 Å². The first-order valence-corrected chi connectivity index (χ1v) is 11.4. The molecule has 0 aromatic heterocycles. The van der Waals surface area contributed by atoms with Gasteiger partial charge in [0.2, 0.25) is 0 Å². The fourth-order valence-electron chi connectivity index (χ4n) is 4.94. The van der Waals surface area contributed by atoms with E-state index in [2.05, 4.69) is 83.1 Å². The summed E-state index contributed by atoms with van der Waals surface area (Å²) in [7, 11) is 0. The van der Waals surface area contributed by atoms with Crippen LogP contribution in [0.25, 0.3) is 0 Å². The standard InChI is InChI=1S/C27H42N2O/c1-20(2)26(27(28,29)21(3)4,18-24-14-10-7-11-15-24)19-25(30)17-22(5)16-23-12-8-6-9-13-23/h6-15,20-22,25,30H,16-19,28-29H2,1-5H3. The van der Waals surface area contributed by atoms with Crippen molar-refractivity contribution in [3.63, 3.8) is 0 Å². The Labute approximate surface area is 183 Å². The number of hydrogen-bond donors (Lipinski definition) is 3. The van der Waals surface area contributed by atoms with Crippen LogP contribution in [0, 0.1) is 23.2 Å². The van der Waals surface area contributed by atoms with Crippen molar-refractivity contribution in [3.8, 4) is 0 Å². The molecule has 5 N–H and O–H groups in total. The van der Waals surface area contributed by atoms with Gasteiger partial charge in [-0.05, 0) is 54.6 Å². The number of hydrogen-bond acceptors (Lipinski definition) is 3. The molecule has 166 valence electrons. The largest absolute Gasteiger partial charge is 0.393 e. The maximum absolute atomic E-state index is 11.2. The molecule has 0 saturated carbocycles. The minimum absolute atomic E-state index is 0.0950. The third kappa shape index (κ3) is 5.94. The Morgan fingerprint density at radius 2 is 1.27 bits per heavy atom. The molecular weight excluding hydrogens is 368 g/mol. The summed E-state index contributed by atoms with van der Waals surface area (Å²) in [6.07, 6.45) is 2.63. The zero-order valence-electron chi connectivity index (χ0n) is 19.5. The first-order chi connectivity index (χ1) is 14.1. The number of aliphatic hydroxyl groups excluding tert-OH is 1. The molecule has 0 amide bonds. The monoisotopic (exact) mass is 410 g/mol. The van der Waals surface area contributed by atoms with Crippen molar-refractivity contribution in [1.82, 2.24) is 0 Å². The van der Waals surface area contributed by atoms with Crippen LogP contribution in [0.2, 0.25) is 0 Å². The van der Waals surface area contributed by atoms with E-state index in [-0.39, 0.29) is 11.8 Å². The van der Waals surface area contributed by atoms with E-state index >= 15 is 0 Å². The van der Waals surface area contributed by atoms with Gasteiger partial charge in [-0.25, -0.2) is 0 Å². The van der Waals surface area contributed by atoms with Crippen molar-refractivity contribution in [2.75, 3.05) is 0 Å². The maximum atomic E-state index is 11.2. The van der Waals surface area contributed by atoms with Crippen molar-refractivity contribution in [2.24, 2.45) is 34.6 Å². The molecule has 0 bridgehead atoms. The van der Waals surface area contributed by atoms with Crippen LogP contribution >= 0.6 is 0 Å². The Morgan fingerprint density at radius 1 is 0.767 bits per heavy atom. The average Bonchev–Trinajstić information content (AvgIpc) is 2.68. The third-order valence-electron chi connectivity index (χ3n) is 6.99. The highest BCUT2D eigenvalue weighted by molar-refractivity contribution is 5.20. The molecule has 2 aromatic rings. The summed E-state index contributed by atoms with van der Waals surface area (Å²) in [5.41, 5.74) is 14.9. The van der Waals surface area contributed by atoms with Gasteiger partial charge in [0.15, 0.2) is 0 Å². The van der Waals surface area contributed by atoms with Crippen LogP contribution in [0.4, 0.5) is 0 Å². The Balaban J connectivity index is 2.24. The van der Waals surface area contributed by atoms with Crippen LogP contribution in [0.5, 0.6) is 0 Å². The highest BCUT2D eigenvalue weighted by atomic mass is 16.3. The minimum Gasteiger partial charge on any atom is -0.393 e. The van der Waals surface area contributed by atoms with E-state index in [0.717, 1.165) is 19.3 Å². The molecule has 0 spiro atoms. The van der Waals surface area contributed by atoms with Crippen molar-refractivity contribution in [1.29, 1.82) is 0 Å². The number of rotatable bonds is 11. The molecule has 0 radical (unpaired) electrons. The second kappa shape index (κ2) is 10.6. The second-order valence-corrected chi connectivity index (χ2v) is 9.95. The first-order valence-electron chi connectivity index (χ1n) is 11.4. The molecule has 0 aliphatic heterocycles. The lowest BCUT2D eigenvalue weighted by atomic mass is 9.58. The van der Waals surface area contributed by atoms with E-state index < -0.39 is 17.2 Å². The molecule has 0 aliphatic rings. The number of nitrogens with two attached hydrogens (primary N) is 2. The minimum atomic E-state index is -0.888. The second-order valence-electron chi connectivity index (χ2n) is 9.95. The van der Waals surface area contributed by atoms with Gasteiger partial charge in [0.05, 0.1) is 11.8 Å². The van der Waals surface area contributed by atoms with Crippen LogP contribution in [0.15, 0.2) is 60.7 Å². The van der Waals surface area contributed by atoms with Gasteiger partial charge in [0, 0.05) is 5.41 Å².